The first-order valence-corrected chi connectivity index (χ1v) is 8.96. The molecular formula is C20H23N5O2. The van der Waals surface area contributed by atoms with Gasteiger partial charge >= 0.3 is 0 Å². The highest BCUT2D eigenvalue weighted by Crippen LogP contribution is 2.14. The summed E-state index contributed by atoms with van der Waals surface area (Å²) in [7, 11) is 0. The van der Waals surface area contributed by atoms with Crippen LogP contribution in [0.1, 0.15) is 23.6 Å². The smallest absolute Gasteiger partial charge is 0.245 e. The molecule has 0 fully saturated rings. The minimum atomic E-state index is -0.486. The Labute approximate surface area is 158 Å². The number of ether oxygens (including phenoxy) is 1. The number of benzene rings is 2. The van der Waals surface area contributed by atoms with Gasteiger partial charge in [0.2, 0.25) is 5.91 Å². The number of nitrogens with one attached hydrogen (secondary N) is 1. The maximum Gasteiger partial charge on any atom is 0.245 e. The number of hydrogen-bond donors (Lipinski definition) is 1. The van der Waals surface area contributed by atoms with Gasteiger partial charge in [0.25, 0.3) is 0 Å². The second-order valence-electron chi connectivity index (χ2n) is 6.30. The molecule has 27 heavy (non-hydrogen) atoms. The van der Waals surface area contributed by atoms with Crippen LogP contribution in [0.5, 0.6) is 5.75 Å². The maximum absolute atomic E-state index is 12.7. The fourth-order valence-corrected chi connectivity index (χ4v) is 2.75. The summed E-state index contributed by atoms with van der Waals surface area (Å²) >= 11 is 0. The Morgan fingerprint density at radius 3 is 2.78 bits per heavy atom. The molecule has 1 N–H and O–H groups in total. The normalized spacial score (nSPS) is 11.7. The summed E-state index contributed by atoms with van der Waals surface area (Å²) in [6.07, 6.45) is 2.71. The van der Waals surface area contributed by atoms with E-state index in [1.807, 2.05) is 61.5 Å². The van der Waals surface area contributed by atoms with Crippen LogP contribution in [0.15, 0.2) is 60.9 Å². The third kappa shape index (κ3) is 5.64. The van der Waals surface area contributed by atoms with Crippen LogP contribution < -0.4 is 10.1 Å². The van der Waals surface area contributed by atoms with Gasteiger partial charge < -0.3 is 10.1 Å². The molecule has 2 aromatic carbocycles. The van der Waals surface area contributed by atoms with Gasteiger partial charge in [-0.05, 0) is 47.0 Å². The van der Waals surface area contributed by atoms with E-state index in [0.717, 1.165) is 16.9 Å². The van der Waals surface area contributed by atoms with Crippen LogP contribution in [-0.4, -0.2) is 39.3 Å². The van der Waals surface area contributed by atoms with E-state index in [1.165, 1.54) is 11.0 Å². The third-order valence-electron chi connectivity index (χ3n) is 4.14. The Kier molecular flexibility index (Phi) is 6.51. The molecule has 3 rings (SSSR count). The SMILES string of the molecule is Cc1cccc(OCCCNC(=O)C(Cc2ccccc2)n2cnnn2)c1. The van der Waals surface area contributed by atoms with Crippen LogP contribution in [0.4, 0.5) is 0 Å². The first kappa shape index (κ1) is 18.6. The number of hydrogen-bond acceptors (Lipinski definition) is 5. The molecular weight excluding hydrogens is 342 g/mol. The minimum absolute atomic E-state index is 0.110. The van der Waals surface area contributed by atoms with Crippen LogP contribution in [0.2, 0.25) is 0 Å². The summed E-state index contributed by atoms with van der Waals surface area (Å²) in [5, 5.41) is 14.1. The molecule has 0 saturated heterocycles. The van der Waals surface area contributed by atoms with Gasteiger partial charge in [0.05, 0.1) is 6.61 Å². The summed E-state index contributed by atoms with van der Waals surface area (Å²) < 4.78 is 7.20. The molecule has 1 heterocycles. The van der Waals surface area contributed by atoms with Gasteiger partial charge in [-0.25, -0.2) is 4.68 Å². The quantitative estimate of drug-likeness (QED) is 0.589. The molecule has 7 heteroatoms. The zero-order valence-electron chi connectivity index (χ0n) is 15.3. The van der Waals surface area contributed by atoms with E-state index in [1.54, 1.807) is 0 Å². The molecule has 0 bridgehead atoms. The Bertz CT molecular complexity index is 837. The van der Waals surface area contributed by atoms with Crippen molar-refractivity contribution in [2.24, 2.45) is 0 Å². The molecule has 0 saturated carbocycles. The number of aryl methyl sites for hydroxylation is 1. The predicted octanol–water partition coefficient (Wildman–Crippen LogP) is 2.35. The van der Waals surface area contributed by atoms with Crippen molar-refractivity contribution in [1.82, 2.24) is 25.5 Å². The van der Waals surface area contributed by atoms with E-state index in [4.69, 9.17) is 4.74 Å². The lowest BCUT2D eigenvalue weighted by molar-refractivity contribution is -0.124. The van der Waals surface area contributed by atoms with Crippen molar-refractivity contribution < 1.29 is 9.53 Å². The molecule has 7 nitrogen and oxygen atoms in total. The average molecular weight is 365 g/mol. The van der Waals surface area contributed by atoms with Crippen molar-refractivity contribution in [3.63, 3.8) is 0 Å². The minimum Gasteiger partial charge on any atom is -0.494 e. The van der Waals surface area contributed by atoms with Crippen molar-refractivity contribution in [1.29, 1.82) is 0 Å². The third-order valence-corrected chi connectivity index (χ3v) is 4.14. The van der Waals surface area contributed by atoms with Crippen LogP contribution in [-0.2, 0) is 11.2 Å². The van der Waals surface area contributed by atoms with Gasteiger partial charge in [0, 0.05) is 13.0 Å². The lowest BCUT2D eigenvalue weighted by Gasteiger charge is -2.16. The number of aromatic nitrogens is 4. The lowest BCUT2D eigenvalue weighted by Crippen LogP contribution is -2.35. The summed E-state index contributed by atoms with van der Waals surface area (Å²) in [5.41, 5.74) is 2.21. The van der Waals surface area contributed by atoms with E-state index < -0.39 is 6.04 Å². The highest BCUT2D eigenvalue weighted by Gasteiger charge is 2.21. The Morgan fingerprint density at radius 2 is 2.04 bits per heavy atom. The maximum atomic E-state index is 12.7. The second-order valence-corrected chi connectivity index (χ2v) is 6.30. The molecule has 3 aromatic rings. The van der Waals surface area contributed by atoms with Gasteiger partial charge in [-0.15, -0.1) is 5.10 Å². The molecule has 1 atom stereocenters. The Balaban J connectivity index is 1.49. The van der Waals surface area contributed by atoms with Crippen LogP contribution in [0, 0.1) is 6.92 Å². The standard InChI is InChI=1S/C20H23N5O2/c1-16-7-5-10-18(13-16)27-12-6-11-21-20(26)19(25-15-22-23-24-25)14-17-8-3-2-4-9-17/h2-5,7-10,13,15,19H,6,11-12,14H2,1H3,(H,21,26). The number of tetrazole rings is 1. The van der Waals surface area contributed by atoms with E-state index in [2.05, 4.69) is 20.8 Å². The Hall–Kier alpha value is -3.22. The van der Waals surface area contributed by atoms with Crippen molar-refractivity contribution in [2.45, 2.75) is 25.8 Å². The summed E-state index contributed by atoms with van der Waals surface area (Å²) in [4.78, 5) is 12.7. The number of carbonyl (C=O) groups is 1. The molecule has 0 aliphatic carbocycles. The monoisotopic (exact) mass is 365 g/mol. The molecule has 0 aliphatic heterocycles. The fraction of sp³-hybridized carbons (Fsp3) is 0.300. The molecule has 0 spiro atoms. The van der Waals surface area contributed by atoms with Gasteiger partial charge in [-0.3, -0.25) is 4.79 Å². The number of rotatable bonds is 9. The van der Waals surface area contributed by atoms with Gasteiger partial charge in [-0.1, -0.05) is 42.5 Å². The summed E-state index contributed by atoms with van der Waals surface area (Å²) in [5.74, 6) is 0.735. The first-order chi connectivity index (χ1) is 13.2. The van der Waals surface area contributed by atoms with Crippen LogP contribution in [0.25, 0.3) is 0 Å². The molecule has 140 valence electrons. The predicted molar refractivity (Wildman–Crippen MR) is 101 cm³/mol. The van der Waals surface area contributed by atoms with Crippen molar-refractivity contribution in [2.75, 3.05) is 13.2 Å². The Morgan fingerprint density at radius 1 is 1.19 bits per heavy atom. The molecule has 0 radical (unpaired) electrons. The van der Waals surface area contributed by atoms with Crippen molar-refractivity contribution >= 4 is 5.91 Å². The van der Waals surface area contributed by atoms with Gasteiger partial charge in [0.1, 0.15) is 18.1 Å². The summed E-state index contributed by atoms with van der Waals surface area (Å²) in [6.45, 7) is 3.09. The zero-order chi connectivity index (χ0) is 18.9. The largest absolute Gasteiger partial charge is 0.494 e. The second kappa shape index (κ2) is 9.47. The van der Waals surface area contributed by atoms with Crippen molar-refractivity contribution in [3.05, 3.63) is 72.1 Å². The number of carbonyl (C=O) groups excluding carboxylic acids is 1. The number of amides is 1. The highest BCUT2D eigenvalue weighted by atomic mass is 16.5. The topological polar surface area (TPSA) is 81.9 Å². The number of nitrogens with zero attached hydrogens (tertiary/aromatic N) is 4. The fourth-order valence-electron chi connectivity index (χ4n) is 2.75. The average Bonchev–Trinajstić information content (AvgIpc) is 3.21. The van der Waals surface area contributed by atoms with Gasteiger partial charge in [0.15, 0.2) is 0 Å². The van der Waals surface area contributed by atoms with E-state index in [9.17, 15) is 4.79 Å². The highest BCUT2D eigenvalue weighted by molar-refractivity contribution is 5.80. The van der Waals surface area contributed by atoms with E-state index in [0.29, 0.717) is 26.0 Å². The molecule has 1 unspecified atom stereocenters. The van der Waals surface area contributed by atoms with E-state index >= 15 is 0 Å². The van der Waals surface area contributed by atoms with Crippen LogP contribution in [0.3, 0.4) is 0 Å². The van der Waals surface area contributed by atoms with Crippen LogP contribution >= 0.6 is 0 Å². The van der Waals surface area contributed by atoms with E-state index in [-0.39, 0.29) is 5.91 Å². The zero-order valence-corrected chi connectivity index (χ0v) is 15.3. The lowest BCUT2D eigenvalue weighted by atomic mass is 10.1. The van der Waals surface area contributed by atoms with Gasteiger partial charge in [-0.2, -0.15) is 0 Å². The molecule has 1 aromatic heterocycles. The summed E-state index contributed by atoms with van der Waals surface area (Å²) in [6, 6.07) is 17.3. The van der Waals surface area contributed by atoms with Crippen molar-refractivity contribution in [3.8, 4) is 5.75 Å². The molecule has 1 amide bonds. The first-order valence-electron chi connectivity index (χ1n) is 8.96. The molecule has 0 aliphatic rings.